The maximum absolute atomic E-state index is 12.5. The Kier molecular flexibility index (Phi) is 3.62. The van der Waals surface area contributed by atoms with Crippen molar-refractivity contribution >= 4 is 5.78 Å². The number of hydrogen-bond donors (Lipinski definition) is 1. The number of hydrogen-bond acceptors (Lipinski definition) is 2. The first-order chi connectivity index (χ1) is 7.63. The highest BCUT2D eigenvalue weighted by Crippen LogP contribution is 2.33. The van der Waals surface area contributed by atoms with Crippen LogP contribution in [-0.2, 0) is 16.6 Å². The molecule has 0 unspecified atom stereocenters. The van der Waals surface area contributed by atoms with Gasteiger partial charge in [0.05, 0.1) is 11.2 Å². The minimum absolute atomic E-state index is 0.0857. The molecule has 0 amide bonds. The van der Waals surface area contributed by atoms with Crippen LogP contribution in [0.25, 0.3) is 0 Å². The summed E-state index contributed by atoms with van der Waals surface area (Å²) in [7, 11) is 0. The third kappa shape index (κ3) is 3.56. The average molecular weight is 246 g/mol. The molecule has 0 saturated heterocycles. The van der Waals surface area contributed by atoms with Crippen LogP contribution in [0.4, 0.5) is 13.2 Å². The third-order valence-corrected chi connectivity index (χ3v) is 2.40. The van der Waals surface area contributed by atoms with Crippen molar-refractivity contribution in [1.29, 1.82) is 0 Å². The Morgan fingerprint density at radius 1 is 1.29 bits per heavy atom. The predicted octanol–water partition coefficient (Wildman–Crippen LogP) is 2.89. The zero-order valence-electron chi connectivity index (χ0n) is 9.51. The van der Waals surface area contributed by atoms with Gasteiger partial charge >= 0.3 is 6.18 Å². The summed E-state index contributed by atoms with van der Waals surface area (Å²) in [5, 5.41) is 9.96. The molecule has 1 aromatic rings. The van der Waals surface area contributed by atoms with Gasteiger partial charge in [0, 0.05) is 6.42 Å². The van der Waals surface area contributed by atoms with E-state index in [1.807, 2.05) is 0 Å². The van der Waals surface area contributed by atoms with E-state index in [1.165, 1.54) is 26.0 Å². The largest absolute Gasteiger partial charge is 0.416 e. The van der Waals surface area contributed by atoms with Gasteiger partial charge in [-0.2, -0.15) is 13.2 Å². The monoisotopic (exact) mass is 246 g/mol. The van der Waals surface area contributed by atoms with Gasteiger partial charge in [-0.05, 0) is 31.5 Å². The number of rotatable bonds is 3. The fraction of sp³-hybridized carbons (Fsp3) is 0.417. The molecule has 0 bridgehead atoms. The molecule has 1 N–H and O–H groups in total. The Morgan fingerprint density at radius 2 is 1.82 bits per heavy atom. The lowest BCUT2D eigenvalue weighted by Crippen LogP contribution is -2.24. The molecule has 1 atom stereocenters. The molecule has 2 nitrogen and oxygen atoms in total. The highest BCUT2D eigenvalue weighted by molar-refractivity contribution is 5.76. The van der Waals surface area contributed by atoms with Gasteiger partial charge in [-0.15, -0.1) is 0 Å². The number of alkyl halides is 3. The first kappa shape index (κ1) is 13.7. The van der Waals surface area contributed by atoms with Crippen molar-refractivity contribution in [3.05, 3.63) is 35.4 Å². The van der Waals surface area contributed by atoms with E-state index in [-0.39, 0.29) is 17.8 Å². The van der Waals surface area contributed by atoms with E-state index in [1.54, 1.807) is 0 Å². The number of aliphatic hydroxyl groups is 1. The fourth-order valence-corrected chi connectivity index (χ4v) is 1.62. The van der Waals surface area contributed by atoms with Gasteiger partial charge in [0.25, 0.3) is 0 Å². The van der Waals surface area contributed by atoms with Crippen molar-refractivity contribution in [2.24, 2.45) is 0 Å². The van der Waals surface area contributed by atoms with Crippen LogP contribution in [0.3, 0.4) is 0 Å². The van der Waals surface area contributed by atoms with Crippen molar-refractivity contribution < 1.29 is 23.1 Å². The van der Waals surface area contributed by atoms with Crippen molar-refractivity contribution in [3.63, 3.8) is 0 Å². The Morgan fingerprint density at radius 3 is 2.29 bits per heavy atom. The summed E-state index contributed by atoms with van der Waals surface area (Å²) >= 11 is 0. The first-order valence-corrected chi connectivity index (χ1v) is 5.02. The molecule has 1 rings (SSSR count). The van der Waals surface area contributed by atoms with Crippen molar-refractivity contribution in [2.75, 3.05) is 0 Å². The van der Waals surface area contributed by atoms with Gasteiger partial charge in [-0.1, -0.05) is 12.1 Å². The Bertz CT molecular complexity index is 422. The van der Waals surface area contributed by atoms with Crippen LogP contribution < -0.4 is 0 Å². The Hall–Kier alpha value is -1.36. The van der Waals surface area contributed by atoms with E-state index in [4.69, 9.17) is 0 Å². The number of Topliss-reactive ketones (excluding diaryl/α,β-unsaturated/α-hetero) is 1. The summed E-state index contributed by atoms with van der Waals surface area (Å²) in [6, 6.07) is 4.38. The van der Waals surface area contributed by atoms with Crippen LogP contribution in [0.5, 0.6) is 0 Å². The van der Waals surface area contributed by atoms with Gasteiger partial charge in [0.1, 0.15) is 5.78 Å². The van der Waals surface area contributed by atoms with Crippen LogP contribution in [0.2, 0.25) is 0 Å². The molecular weight excluding hydrogens is 233 g/mol. The number of carbonyl (C=O) groups excluding carboxylic acids is 1. The minimum Gasteiger partial charge on any atom is -0.385 e. The number of halogens is 3. The van der Waals surface area contributed by atoms with Crippen molar-refractivity contribution in [3.8, 4) is 0 Å². The van der Waals surface area contributed by atoms with E-state index in [2.05, 4.69) is 0 Å². The van der Waals surface area contributed by atoms with Crippen molar-refractivity contribution in [1.82, 2.24) is 0 Å². The molecule has 0 heterocycles. The molecule has 0 aliphatic heterocycles. The van der Waals surface area contributed by atoms with Crippen molar-refractivity contribution in [2.45, 2.75) is 32.0 Å². The lowest BCUT2D eigenvalue weighted by atomic mass is 9.90. The van der Waals surface area contributed by atoms with Crippen LogP contribution in [-0.4, -0.2) is 10.9 Å². The second-order valence-corrected chi connectivity index (χ2v) is 4.23. The smallest absolute Gasteiger partial charge is 0.385 e. The molecule has 17 heavy (non-hydrogen) atoms. The molecule has 0 saturated carbocycles. The van der Waals surface area contributed by atoms with Crippen LogP contribution in [0.1, 0.15) is 31.4 Å². The van der Waals surface area contributed by atoms with Crippen LogP contribution >= 0.6 is 0 Å². The Labute approximate surface area is 97.1 Å². The van der Waals surface area contributed by atoms with Gasteiger partial charge in [0.2, 0.25) is 0 Å². The fourth-order valence-electron chi connectivity index (χ4n) is 1.62. The van der Waals surface area contributed by atoms with Gasteiger partial charge in [-0.3, -0.25) is 4.79 Å². The molecule has 0 spiro atoms. The molecule has 0 aromatic heterocycles. The zero-order chi connectivity index (χ0) is 13.3. The second-order valence-electron chi connectivity index (χ2n) is 4.23. The zero-order valence-corrected chi connectivity index (χ0v) is 9.51. The predicted molar refractivity (Wildman–Crippen MR) is 56.3 cm³/mol. The maximum atomic E-state index is 12.5. The average Bonchev–Trinajstić information content (AvgIpc) is 2.14. The summed E-state index contributed by atoms with van der Waals surface area (Å²) in [6.45, 7) is 2.60. The number of benzene rings is 1. The number of ketones is 1. The summed E-state index contributed by atoms with van der Waals surface area (Å²) in [5.41, 5.74) is -2.33. The molecular formula is C12H13F3O2. The lowest BCUT2D eigenvalue weighted by Gasteiger charge is -2.23. The highest BCUT2D eigenvalue weighted by Gasteiger charge is 2.33. The standard InChI is InChI=1S/C12H13F3O2/c1-8(16)7-11(2,17)9-4-3-5-10(6-9)12(13,14)15/h3-6,17H,7H2,1-2H3/t11-/m1/s1. The molecule has 1 aromatic carbocycles. The minimum atomic E-state index is -4.46. The third-order valence-electron chi connectivity index (χ3n) is 2.40. The highest BCUT2D eigenvalue weighted by atomic mass is 19.4. The van der Waals surface area contributed by atoms with E-state index >= 15 is 0 Å². The molecule has 94 valence electrons. The molecule has 0 aliphatic rings. The topological polar surface area (TPSA) is 37.3 Å². The maximum Gasteiger partial charge on any atom is 0.416 e. The van der Waals surface area contributed by atoms with Crippen LogP contribution in [0, 0.1) is 0 Å². The molecule has 0 aliphatic carbocycles. The van der Waals surface area contributed by atoms with E-state index in [9.17, 15) is 23.1 Å². The van der Waals surface area contributed by atoms with E-state index in [0.717, 1.165) is 12.1 Å². The van der Waals surface area contributed by atoms with Gasteiger partial charge < -0.3 is 5.11 Å². The van der Waals surface area contributed by atoms with Gasteiger partial charge in [-0.25, -0.2) is 0 Å². The normalized spacial score (nSPS) is 15.4. The SMILES string of the molecule is CC(=O)C[C@@](C)(O)c1cccc(C(F)(F)F)c1. The van der Waals surface area contributed by atoms with E-state index in [0.29, 0.717) is 0 Å². The molecule has 5 heteroatoms. The van der Waals surface area contributed by atoms with E-state index < -0.39 is 17.3 Å². The summed E-state index contributed by atoms with van der Waals surface area (Å²) in [6.07, 6.45) is -4.67. The number of carbonyl (C=O) groups is 1. The Balaban J connectivity index is 3.11. The molecule has 0 radical (unpaired) electrons. The molecule has 0 fully saturated rings. The first-order valence-electron chi connectivity index (χ1n) is 5.02. The van der Waals surface area contributed by atoms with Crippen LogP contribution in [0.15, 0.2) is 24.3 Å². The summed E-state index contributed by atoms with van der Waals surface area (Å²) < 4.78 is 37.4. The summed E-state index contributed by atoms with van der Waals surface area (Å²) in [5.74, 6) is -0.285. The van der Waals surface area contributed by atoms with Gasteiger partial charge in [0.15, 0.2) is 0 Å². The second kappa shape index (κ2) is 4.49. The lowest BCUT2D eigenvalue weighted by molar-refractivity contribution is -0.137. The quantitative estimate of drug-likeness (QED) is 0.890. The summed E-state index contributed by atoms with van der Waals surface area (Å²) in [4.78, 5) is 10.9.